The van der Waals surface area contributed by atoms with Crippen molar-refractivity contribution in [3.05, 3.63) is 52.6 Å². The summed E-state index contributed by atoms with van der Waals surface area (Å²) in [6.07, 6.45) is 4.77. The number of piperazine rings is 1. The average molecular weight is 533 g/mol. The Morgan fingerprint density at radius 3 is 2.27 bits per heavy atom. The van der Waals surface area contributed by atoms with Gasteiger partial charge in [-0.05, 0) is 56.9 Å². The Morgan fingerprint density at radius 1 is 1.05 bits per heavy atom. The molecule has 1 saturated heterocycles. The largest absolute Gasteiger partial charge is 0.354 e. The second-order valence-electron chi connectivity index (χ2n) is 10.2. The standard InChI is InChI=1S/C25H36N8O3.ClH/c1-25(2,27)22(34)31-11-13-32(14-12-31)23(35)29-21-9-10-33(24(36)30-21)20-7-3-17(4-8-20)16-28-19-6-5-18(26)15-19;/h3-4,7-10,18-19,28H,5-6,11-16,26-27H2,1-2H3,(H,29,30,35,36);1H/t18-,19+;/m1./s1. The molecule has 1 saturated carbocycles. The smallest absolute Gasteiger partial charge is 0.338 e. The van der Waals surface area contributed by atoms with Crippen LogP contribution in [0.2, 0.25) is 0 Å². The molecule has 12 heteroatoms. The Bertz CT molecular complexity index is 1140. The SMILES string of the molecule is CC(C)(N)C(=O)N1CCN(C(=O)Nc2ccn(-c3ccc(CN[C@H]4CC[C@@H](N)C4)cc3)c(=O)n2)CC1.Cl. The van der Waals surface area contributed by atoms with E-state index >= 15 is 0 Å². The molecule has 0 radical (unpaired) electrons. The van der Waals surface area contributed by atoms with E-state index in [0.29, 0.717) is 44.0 Å². The number of nitrogens with zero attached hydrogens (tertiary/aromatic N) is 4. The Balaban J connectivity index is 0.00000380. The number of nitrogens with two attached hydrogens (primary N) is 2. The number of urea groups is 1. The zero-order valence-electron chi connectivity index (χ0n) is 21.4. The molecule has 2 atom stereocenters. The van der Waals surface area contributed by atoms with Gasteiger partial charge in [0.05, 0.1) is 11.2 Å². The minimum absolute atomic E-state index is 0. The van der Waals surface area contributed by atoms with Crippen LogP contribution in [0.4, 0.5) is 10.6 Å². The van der Waals surface area contributed by atoms with Crippen LogP contribution >= 0.6 is 12.4 Å². The van der Waals surface area contributed by atoms with Gasteiger partial charge in [-0.15, -0.1) is 12.4 Å². The third-order valence-electron chi connectivity index (χ3n) is 6.73. The van der Waals surface area contributed by atoms with Gasteiger partial charge in [-0.1, -0.05) is 12.1 Å². The molecule has 202 valence electrons. The highest BCUT2D eigenvalue weighted by Gasteiger charge is 2.31. The molecular formula is C25H37ClN8O3. The van der Waals surface area contributed by atoms with Crippen molar-refractivity contribution in [1.82, 2.24) is 24.7 Å². The van der Waals surface area contributed by atoms with Gasteiger partial charge in [0.1, 0.15) is 5.82 Å². The molecule has 0 bridgehead atoms. The van der Waals surface area contributed by atoms with Crippen molar-refractivity contribution in [2.24, 2.45) is 11.5 Å². The maximum atomic E-state index is 12.6. The van der Waals surface area contributed by atoms with Crippen molar-refractivity contribution in [1.29, 1.82) is 0 Å². The van der Waals surface area contributed by atoms with Crippen molar-refractivity contribution in [2.45, 2.75) is 57.3 Å². The lowest BCUT2D eigenvalue weighted by molar-refractivity contribution is -0.137. The predicted molar refractivity (Wildman–Crippen MR) is 145 cm³/mol. The molecule has 0 unspecified atom stereocenters. The number of hydrogen-bond acceptors (Lipinski definition) is 7. The van der Waals surface area contributed by atoms with Gasteiger partial charge in [0.2, 0.25) is 5.91 Å². The first-order valence-corrected chi connectivity index (χ1v) is 12.4. The van der Waals surface area contributed by atoms with Crippen LogP contribution in [-0.4, -0.2) is 75.1 Å². The summed E-state index contributed by atoms with van der Waals surface area (Å²) in [5.74, 6) is 0.0362. The predicted octanol–water partition coefficient (Wildman–Crippen LogP) is 1.04. The summed E-state index contributed by atoms with van der Waals surface area (Å²) in [6.45, 7) is 5.65. The number of aromatic nitrogens is 2. The van der Waals surface area contributed by atoms with Gasteiger partial charge in [-0.25, -0.2) is 9.59 Å². The van der Waals surface area contributed by atoms with Crippen LogP contribution in [0.15, 0.2) is 41.3 Å². The van der Waals surface area contributed by atoms with Crippen molar-refractivity contribution < 1.29 is 9.59 Å². The van der Waals surface area contributed by atoms with Crippen LogP contribution in [0.3, 0.4) is 0 Å². The summed E-state index contributed by atoms with van der Waals surface area (Å²) in [6, 6.07) is 9.70. The molecule has 6 N–H and O–H groups in total. The molecule has 4 rings (SSSR count). The van der Waals surface area contributed by atoms with Gasteiger partial charge < -0.3 is 26.6 Å². The van der Waals surface area contributed by atoms with E-state index in [1.54, 1.807) is 35.9 Å². The molecular weight excluding hydrogens is 496 g/mol. The number of amides is 3. The molecule has 2 aliphatic rings. The van der Waals surface area contributed by atoms with Crippen LogP contribution in [0, 0.1) is 0 Å². The first-order valence-electron chi connectivity index (χ1n) is 12.4. The van der Waals surface area contributed by atoms with Crippen LogP contribution in [0.1, 0.15) is 38.7 Å². The van der Waals surface area contributed by atoms with Crippen molar-refractivity contribution in [3.8, 4) is 5.69 Å². The molecule has 37 heavy (non-hydrogen) atoms. The number of benzene rings is 1. The van der Waals surface area contributed by atoms with Crippen LogP contribution in [0.25, 0.3) is 5.69 Å². The van der Waals surface area contributed by atoms with E-state index in [9.17, 15) is 14.4 Å². The fourth-order valence-electron chi connectivity index (χ4n) is 4.62. The van der Waals surface area contributed by atoms with Crippen molar-refractivity contribution in [3.63, 3.8) is 0 Å². The van der Waals surface area contributed by atoms with E-state index in [-0.39, 0.29) is 30.2 Å². The summed E-state index contributed by atoms with van der Waals surface area (Å²) in [5, 5.41) is 6.21. The molecule has 1 aliphatic heterocycles. The minimum atomic E-state index is -0.945. The Labute approximate surface area is 223 Å². The highest BCUT2D eigenvalue weighted by atomic mass is 35.5. The van der Waals surface area contributed by atoms with E-state index in [0.717, 1.165) is 31.4 Å². The van der Waals surface area contributed by atoms with Crippen LogP contribution < -0.4 is 27.8 Å². The molecule has 2 aromatic rings. The number of halogens is 1. The Kier molecular flexibility index (Phi) is 9.30. The lowest BCUT2D eigenvalue weighted by Crippen LogP contribution is -2.58. The summed E-state index contributed by atoms with van der Waals surface area (Å²) >= 11 is 0. The lowest BCUT2D eigenvalue weighted by atomic mass is 10.1. The van der Waals surface area contributed by atoms with Crippen molar-refractivity contribution in [2.75, 3.05) is 31.5 Å². The first-order chi connectivity index (χ1) is 17.1. The van der Waals surface area contributed by atoms with E-state index in [4.69, 9.17) is 11.5 Å². The third-order valence-corrected chi connectivity index (χ3v) is 6.73. The zero-order valence-corrected chi connectivity index (χ0v) is 22.2. The first kappa shape index (κ1) is 28.6. The van der Waals surface area contributed by atoms with Gasteiger partial charge in [0.15, 0.2) is 0 Å². The van der Waals surface area contributed by atoms with Gasteiger partial charge in [0, 0.05) is 51.0 Å². The van der Waals surface area contributed by atoms with Gasteiger partial charge >= 0.3 is 11.7 Å². The number of carbonyl (C=O) groups is 2. The summed E-state index contributed by atoms with van der Waals surface area (Å²) in [4.78, 5) is 44.9. The van der Waals surface area contributed by atoms with Crippen molar-refractivity contribution >= 4 is 30.2 Å². The van der Waals surface area contributed by atoms with Crippen LogP contribution in [0.5, 0.6) is 0 Å². The fourth-order valence-corrected chi connectivity index (χ4v) is 4.62. The monoisotopic (exact) mass is 532 g/mol. The second-order valence-corrected chi connectivity index (χ2v) is 10.2. The number of rotatable bonds is 6. The molecule has 2 heterocycles. The summed E-state index contributed by atoms with van der Waals surface area (Å²) in [7, 11) is 0. The maximum Gasteiger partial charge on any atom is 0.354 e. The number of anilines is 1. The highest BCUT2D eigenvalue weighted by Crippen LogP contribution is 2.18. The molecule has 3 amide bonds. The van der Waals surface area contributed by atoms with Gasteiger partial charge in [-0.3, -0.25) is 14.7 Å². The fraction of sp³-hybridized carbons (Fsp3) is 0.520. The van der Waals surface area contributed by atoms with E-state index < -0.39 is 11.2 Å². The normalized spacial score (nSPS) is 19.9. The van der Waals surface area contributed by atoms with E-state index in [1.165, 1.54) is 4.57 Å². The molecule has 11 nitrogen and oxygen atoms in total. The maximum absolute atomic E-state index is 12.6. The quantitative estimate of drug-likeness (QED) is 0.433. The van der Waals surface area contributed by atoms with Gasteiger partial charge in [0.25, 0.3) is 0 Å². The Morgan fingerprint density at radius 2 is 1.70 bits per heavy atom. The van der Waals surface area contributed by atoms with E-state index in [1.807, 2.05) is 24.3 Å². The molecule has 1 aromatic heterocycles. The van der Waals surface area contributed by atoms with E-state index in [2.05, 4.69) is 15.6 Å². The molecule has 2 fully saturated rings. The topological polar surface area (TPSA) is 152 Å². The molecule has 1 aromatic carbocycles. The molecule has 1 aliphatic carbocycles. The minimum Gasteiger partial charge on any atom is -0.338 e. The number of carbonyl (C=O) groups excluding carboxylic acids is 2. The lowest BCUT2D eigenvalue weighted by Gasteiger charge is -2.37. The number of hydrogen-bond donors (Lipinski definition) is 4. The third kappa shape index (κ3) is 7.29. The zero-order chi connectivity index (χ0) is 25.9. The summed E-state index contributed by atoms with van der Waals surface area (Å²) < 4.78 is 1.43. The number of nitrogens with one attached hydrogen (secondary N) is 2. The molecule has 0 spiro atoms. The summed E-state index contributed by atoms with van der Waals surface area (Å²) in [5.41, 5.74) is 12.3. The highest BCUT2D eigenvalue weighted by molar-refractivity contribution is 5.89. The van der Waals surface area contributed by atoms with Gasteiger partial charge in [-0.2, -0.15) is 4.98 Å². The average Bonchev–Trinajstić information content (AvgIpc) is 3.27. The second kappa shape index (κ2) is 12.0. The Hall–Kier alpha value is -2.99. The van der Waals surface area contributed by atoms with Crippen LogP contribution in [-0.2, 0) is 11.3 Å².